The summed E-state index contributed by atoms with van der Waals surface area (Å²) < 4.78 is 38.4. The van der Waals surface area contributed by atoms with Crippen molar-refractivity contribution >= 4 is 46.6 Å². The molecule has 0 saturated carbocycles. The molecule has 3 N–H and O–H groups in total. The zero-order valence-electron chi connectivity index (χ0n) is 20.0. The molecule has 2 aliphatic rings. The third-order valence-corrected chi connectivity index (χ3v) is 6.79. The van der Waals surface area contributed by atoms with Crippen LogP contribution in [0.2, 0.25) is 10.0 Å². The lowest BCUT2D eigenvalue weighted by Gasteiger charge is -2.36. The molecule has 2 heterocycles. The highest BCUT2D eigenvalue weighted by Crippen LogP contribution is 2.35. The van der Waals surface area contributed by atoms with E-state index in [9.17, 15) is 18.4 Å². The average molecular weight is 553 g/mol. The molecule has 0 aromatic heterocycles. The van der Waals surface area contributed by atoms with Crippen LogP contribution in [0.15, 0.2) is 35.9 Å². The number of hydrogen-bond acceptors (Lipinski definition) is 6. The Labute approximate surface area is 222 Å². The number of amides is 2. The number of likely N-dealkylation sites (tertiary alicyclic amines) is 1. The molecule has 4 rings (SSSR count). The molecule has 0 spiro atoms. The van der Waals surface area contributed by atoms with Gasteiger partial charge in [0.05, 0.1) is 28.9 Å². The van der Waals surface area contributed by atoms with E-state index < -0.39 is 35.8 Å². The van der Waals surface area contributed by atoms with Crippen LogP contribution in [-0.4, -0.2) is 61.5 Å². The highest BCUT2D eigenvalue weighted by Gasteiger charge is 2.34. The zero-order chi connectivity index (χ0) is 26.9. The van der Waals surface area contributed by atoms with E-state index in [0.29, 0.717) is 11.3 Å². The number of benzene rings is 2. The number of hydrogen-bond donors (Lipinski definition) is 3. The van der Waals surface area contributed by atoms with Crippen LogP contribution in [0, 0.1) is 17.0 Å². The van der Waals surface area contributed by atoms with Gasteiger partial charge in [0, 0.05) is 47.6 Å². The smallest absolute Gasteiger partial charge is 0.407 e. The van der Waals surface area contributed by atoms with Crippen LogP contribution < -0.4 is 15.4 Å². The maximum Gasteiger partial charge on any atom is 0.407 e. The third kappa shape index (κ3) is 5.65. The lowest BCUT2D eigenvalue weighted by molar-refractivity contribution is 0.0728. The molecule has 2 saturated heterocycles. The van der Waals surface area contributed by atoms with Crippen molar-refractivity contribution in [1.82, 2.24) is 15.5 Å². The highest BCUT2D eigenvalue weighted by atomic mass is 35.5. The van der Waals surface area contributed by atoms with Gasteiger partial charge in [0.15, 0.2) is 6.10 Å². The Kier molecular flexibility index (Phi) is 7.89. The normalized spacial score (nSPS) is 20.9. The van der Waals surface area contributed by atoms with Gasteiger partial charge in [-0.25, -0.2) is 13.6 Å². The van der Waals surface area contributed by atoms with Gasteiger partial charge in [0.2, 0.25) is 0 Å². The van der Waals surface area contributed by atoms with Gasteiger partial charge in [0.1, 0.15) is 24.0 Å². The monoisotopic (exact) mass is 552 g/mol. The van der Waals surface area contributed by atoms with Crippen LogP contribution in [0.5, 0.6) is 5.75 Å². The van der Waals surface area contributed by atoms with Crippen LogP contribution in [-0.2, 0) is 4.74 Å². The molecule has 2 atom stereocenters. The SMILES string of the molecule is CN/C(=C1/CCN(C(=O)c2cc(Cl)cc(OCC3CNC(=O)O3)c2Cl)[C@@H](C)C1=N)c1cc(F)cc(F)c1. The average Bonchev–Trinajstić information content (AvgIpc) is 3.26. The van der Waals surface area contributed by atoms with Gasteiger partial charge in [-0.15, -0.1) is 0 Å². The second-order valence-electron chi connectivity index (χ2n) is 8.58. The van der Waals surface area contributed by atoms with E-state index in [1.54, 1.807) is 14.0 Å². The lowest BCUT2D eigenvalue weighted by atomic mass is 9.90. The third-order valence-electron chi connectivity index (χ3n) is 6.18. The van der Waals surface area contributed by atoms with Gasteiger partial charge in [-0.2, -0.15) is 0 Å². The van der Waals surface area contributed by atoms with Crippen molar-refractivity contribution in [2.45, 2.75) is 25.5 Å². The summed E-state index contributed by atoms with van der Waals surface area (Å²) in [5.74, 6) is -1.75. The first kappa shape index (κ1) is 26.7. The van der Waals surface area contributed by atoms with Crippen molar-refractivity contribution in [2.75, 3.05) is 26.7 Å². The summed E-state index contributed by atoms with van der Waals surface area (Å²) in [6.45, 7) is 2.21. The molecular weight excluding hydrogens is 529 g/mol. The van der Waals surface area contributed by atoms with E-state index in [1.165, 1.54) is 29.2 Å². The Morgan fingerprint density at radius 1 is 1.24 bits per heavy atom. The minimum atomic E-state index is -0.730. The maximum absolute atomic E-state index is 13.8. The molecule has 2 fully saturated rings. The van der Waals surface area contributed by atoms with Crippen molar-refractivity contribution in [3.63, 3.8) is 0 Å². The standard InChI is InChI=1S/C25H24Cl2F2N4O4/c1-12-22(30)18(23(31-2)13-5-15(28)9-16(29)6-13)3-4-33(12)24(34)19-7-14(26)8-20(21(19)27)36-11-17-10-32-25(35)37-17/h5-9,12,17,30-31H,3-4,10-11H2,1-2H3,(H,32,35)/b23-18-,30-22?/t12-,17?/m0/s1. The molecule has 8 nitrogen and oxygen atoms in total. The fourth-order valence-corrected chi connectivity index (χ4v) is 4.81. The van der Waals surface area contributed by atoms with Crippen LogP contribution in [0.25, 0.3) is 5.70 Å². The van der Waals surface area contributed by atoms with Gasteiger partial charge >= 0.3 is 6.09 Å². The Morgan fingerprint density at radius 3 is 2.57 bits per heavy atom. The molecule has 0 aliphatic carbocycles. The van der Waals surface area contributed by atoms with Gasteiger partial charge < -0.3 is 30.4 Å². The quantitative estimate of drug-likeness (QED) is 0.484. The van der Waals surface area contributed by atoms with E-state index in [4.69, 9.17) is 38.1 Å². The number of carbonyl (C=O) groups is 2. The summed E-state index contributed by atoms with van der Waals surface area (Å²) in [5, 5.41) is 14.5. The number of rotatable bonds is 6. The number of cyclic esters (lactones) is 1. The Balaban J connectivity index is 1.57. The Morgan fingerprint density at radius 2 is 1.95 bits per heavy atom. The molecule has 12 heteroatoms. The fraction of sp³-hybridized carbons (Fsp3) is 0.320. The molecule has 1 unspecified atom stereocenters. The molecule has 0 radical (unpaired) electrons. The minimum Gasteiger partial charge on any atom is -0.488 e. The summed E-state index contributed by atoms with van der Waals surface area (Å²) in [5.41, 5.74) is 1.46. The molecule has 2 aliphatic heterocycles. The van der Waals surface area contributed by atoms with Crippen LogP contribution in [0.1, 0.15) is 29.3 Å². The van der Waals surface area contributed by atoms with Crippen molar-refractivity contribution < 1.29 is 27.8 Å². The summed E-state index contributed by atoms with van der Waals surface area (Å²) in [7, 11) is 1.61. The fourth-order valence-electron chi connectivity index (χ4n) is 4.36. The number of piperidine rings is 1. The molecule has 37 heavy (non-hydrogen) atoms. The van der Waals surface area contributed by atoms with Crippen molar-refractivity contribution in [3.05, 3.63) is 68.7 Å². The number of nitrogens with one attached hydrogen (secondary N) is 3. The summed E-state index contributed by atoms with van der Waals surface area (Å²) in [6, 6.07) is 5.37. The van der Waals surface area contributed by atoms with Crippen molar-refractivity contribution in [1.29, 1.82) is 5.41 Å². The second-order valence-corrected chi connectivity index (χ2v) is 9.40. The maximum atomic E-state index is 13.8. The minimum absolute atomic E-state index is 0.0127. The van der Waals surface area contributed by atoms with Crippen molar-refractivity contribution in [3.8, 4) is 5.75 Å². The molecule has 2 aromatic rings. The topological polar surface area (TPSA) is 104 Å². The van der Waals surface area contributed by atoms with E-state index in [-0.39, 0.29) is 58.8 Å². The highest BCUT2D eigenvalue weighted by molar-refractivity contribution is 6.37. The molecular formula is C25H24Cl2F2N4O4. The van der Waals surface area contributed by atoms with Crippen LogP contribution in [0.4, 0.5) is 13.6 Å². The molecule has 196 valence electrons. The Bertz CT molecular complexity index is 1280. The van der Waals surface area contributed by atoms with E-state index in [2.05, 4.69) is 10.6 Å². The van der Waals surface area contributed by atoms with Gasteiger partial charge in [-0.1, -0.05) is 23.2 Å². The number of halogens is 4. The number of nitrogens with zero attached hydrogens (tertiary/aromatic N) is 1. The van der Waals surface area contributed by atoms with Crippen molar-refractivity contribution in [2.24, 2.45) is 0 Å². The van der Waals surface area contributed by atoms with E-state index in [0.717, 1.165) is 6.07 Å². The van der Waals surface area contributed by atoms with E-state index >= 15 is 0 Å². The van der Waals surface area contributed by atoms with Crippen LogP contribution in [0.3, 0.4) is 0 Å². The molecule has 2 aromatic carbocycles. The number of carbonyl (C=O) groups excluding carboxylic acids is 2. The summed E-state index contributed by atoms with van der Waals surface area (Å²) >= 11 is 12.7. The predicted molar refractivity (Wildman–Crippen MR) is 135 cm³/mol. The second kappa shape index (κ2) is 10.9. The lowest BCUT2D eigenvalue weighted by Crippen LogP contribution is -2.48. The largest absolute Gasteiger partial charge is 0.488 e. The first-order valence-corrected chi connectivity index (χ1v) is 12.2. The van der Waals surface area contributed by atoms with E-state index in [1.807, 2.05) is 0 Å². The van der Waals surface area contributed by atoms with Gasteiger partial charge in [-0.3, -0.25) is 4.79 Å². The number of ether oxygens (including phenoxy) is 2. The molecule has 0 bridgehead atoms. The predicted octanol–water partition coefficient (Wildman–Crippen LogP) is 4.64. The van der Waals surface area contributed by atoms with Gasteiger partial charge in [-0.05, 0) is 31.5 Å². The molecule has 2 amide bonds. The van der Waals surface area contributed by atoms with Gasteiger partial charge in [0.25, 0.3) is 5.91 Å². The first-order chi connectivity index (χ1) is 17.6. The first-order valence-electron chi connectivity index (χ1n) is 11.4. The summed E-state index contributed by atoms with van der Waals surface area (Å²) in [4.78, 5) is 26.2. The summed E-state index contributed by atoms with van der Waals surface area (Å²) in [6.07, 6.45) is -0.784. The van der Waals surface area contributed by atoms with Crippen LogP contribution >= 0.6 is 23.2 Å². The zero-order valence-corrected chi connectivity index (χ0v) is 21.5. The number of alkyl carbamates (subject to hydrolysis) is 1. The Hall–Kier alpha value is -3.37.